The topological polar surface area (TPSA) is 90.4 Å². The summed E-state index contributed by atoms with van der Waals surface area (Å²) in [6.07, 6.45) is -2.82. The van der Waals surface area contributed by atoms with Crippen LogP contribution in [0.15, 0.2) is 24.4 Å². The summed E-state index contributed by atoms with van der Waals surface area (Å²) in [4.78, 5) is 31.5. The number of halogens is 4. The molecule has 2 rings (SSSR count). The van der Waals surface area contributed by atoms with E-state index in [0.717, 1.165) is 6.07 Å². The molecule has 0 spiro atoms. The van der Waals surface area contributed by atoms with Crippen LogP contribution in [-0.4, -0.2) is 41.6 Å². The Labute approximate surface area is 169 Å². The number of carbonyl (C=O) groups excluding carboxylic acids is 2. The largest absolute Gasteiger partial charge is 0.481 e. The normalized spacial score (nSPS) is 11.1. The number of pyridine rings is 2. The number of hydrogen-bond donors (Lipinski definition) is 1. The molecule has 2 aromatic rings. The molecule has 7 nitrogen and oxygen atoms in total. The highest BCUT2D eigenvalue weighted by atomic mass is 19.4. The van der Waals surface area contributed by atoms with Gasteiger partial charge in [-0.1, -0.05) is 6.92 Å². The van der Waals surface area contributed by atoms with Crippen LogP contribution >= 0.6 is 0 Å². The number of alkyl halides is 3. The molecule has 0 saturated carbocycles. The summed E-state index contributed by atoms with van der Waals surface area (Å²) < 4.78 is 60.1. The van der Waals surface area contributed by atoms with Crippen molar-refractivity contribution < 1.29 is 36.6 Å². The van der Waals surface area contributed by atoms with Crippen LogP contribution in [0.2, 0.25) is 0 Å². The lowest BCUT2D eigenvalue weighted by Gasteiger charge is -2.13. The number of methoxy groups -OCH3 is 1. The van der Waals surface area contributed by atoms with E-state index in [9.17, 15) is 27.2 Å². The fourth-order valence-electron chi connectivity index (χ4n) is 2.37. The highest BCUT2D eigenvalue weighted by Gasteiger charge is 2.29. The lowest BCUT2D eigenvalue weighted by Crippen LogP contribution is -2.24. The van der Waals surface area contributed by atoms with Crippen molar-refractivity contribution in [2.75, 3.05) is 13.7 Å². The average molecular weight is 429 g/mol. The number of amides is 1. The molecule has 0 bridgehead atoms. The number of nitrogens with one attached hydrogen (secondary N) is 1. The highest BCUT2D eigenvalue weighted by molar-refractivity contribution is 5.94. The van der Waals surface area contributed by atoms with Crippen LogP contribution in [-0.2, 0) is 17.8 Å². The summed E-state index contributed by atoms with van der Waals surface area (Å²) in [6.45, 7) is -0.197. The highest BCUT2D eigenvalue weighted by Crippen LogP contribution is 2.25. The molecule has 2 heterocycles. The number of carbonyl (C=O) groups is 2. The maximum atomic E-state index is 14.0. The quantitative estimate of drug-likeness (QED) is 0.617. The first-order valence-corrected chi connectivity index (χ1v) is 8.80. The van der Waals surface area contributed by atoms with E-state index in [4.69, 9.17) is 4.74 Å². The molecule has 0 radical (unpaired) electrons. The Morgan fingerprint density at radius 1 is 1.20 bits per heavy atom. The SMILES string of the molecule is CCC(=O)Cc1cc(C(=O)NCc2cc(F)c(OCC(F)(F)F)nc2OC)ccn1. The lowest BCUT2D eigenvalue weighted by molar-refractivity contribution is -0.154. The molecule has 30 heavy (non-hydrogen) atoms. The molecule has 2 aromatic heterocycles. The molecule has 0 aliphatic heterocycles. The zero-order valence-corrected chi connectivity index (χ0v) is 16.2. The fraction of sp³-hybridized carbons (Fsp3) is 0.368. The number of ether oxygens (including phenoxy) is 2. The van der Waals surface area contributed by atoms with Crippen molar-refractivity contribution in [2.24, 2.45) is 0 Å². The first-order chi connectivity index (χ1) is 14.1. The van der Waals surface area contributed by atoms with Gasteiger partial charge in [0.05, 0.1) is 7.11 Å². The lowest BCUT2D eigenvalue weighted by atomic mass is 10.1. The Bertz CT molecular complexity index is 919. The number of rotatable bonds is 9. The van der Waals surface area contributed by atoms with Gasteiger partial charge in [0.25, 0.3) is 11.8 Å². The summed E-state index contributed by atoms with van der Waals surface area (Å²) in [5, 5.41) is 2.53. The van der Waals surface area contributed by atoms with E-state index < -0.39 is 30.4 Å². The van der Waals surface area contributed by atoms with E-state index in [1.807, 2.05) is 0 Å². The number of nitrogens with zero attached hydrogens (tertiary/aromatic N) is 2. The molecular formula is C19H19F4N3O4. The van der Waals surface area contributed by atoms with E-state index in [1.54, 1.807) is 6.92 Å². The number of aromatic nitrogens is 2. The van der Waals surface area contributed by atoms with Crippen LogP contribution in [0, 0.1) is 5.82 Å². The van der Waals surface area contributed by atoms with Gasteiger partial charge >= 0.3 is 6.18 Å². The monoisotopic (exact) mass is 429 g/mol. The molecule has 162 valence electrons. The zero-order valence-electron chi connectivity index (χ0n) is 16.2. The van der Waals surface area contributed by atoms with Crippen molar-refractivity contribution in [1.29, 1.82) is 0 Å². The number of ketones is 1. The van der Waals surface area contributed by atoms with E-state index in [1.165, 1.54) is 25.4 Å². The van der Waals surface area contributed by atoms with Gasteiger partial charge in [-0.05, 0) is 18.2 Å². The van der Waals surface area contributed by atoms with E-state index >= 15 is 0 Å². The fourth-order valence-corrected chi connectivity index (χ4v) is 2.37. The molecule has 0 aliphatic rings. The van der Waals surface area contributed by atoms with E-state index in [2.05, 4.69) is 20.0 Å². The molecule has 11 heteroatoms. The van der Waals surface area contributed by atoms with Gasteiger partial charge in [-0.3, -0.25) is 14.6 Å². The molecule has 0 aromatic carbocycles. The van der Waals surface area contributed by atoms with E-state index in [-0.39, 0.29) is 35.8 Å². The summed E-state index contributed by atoms with van der Waals surface area (Å²) >= 11 is 0. The maximum Gasteiger partial charge on any atom is 0.422 e. The van der Waals surface area contributed by atoms with Crippen LogP contribution in [0.5, 0.6) is 11.8 Å². The van der Waals surface area contributed by atoms with Crippen molar-refractivity contribution in [2.45, 2.75) is 32.5 Å². The Kier molecular flexibility index (Phi) is 7.67. The minimum atomic E-state index is -4.65. The summed E-state index contributed by atoms with van der Waals surface area (Å²) in [7, 11) is 1.19. The van der Waals surface area contributed by atoms with Crippen LogP contribution < -0.4 is 14.8 Å². The molecule has 0 fully saturated rings. The van der Waals surface area contributed by atoms with Crippen LogP contribution in [0.3, 0.4) is 0 Å². The van der Waals surface area contributed by atoms with Crippen molar-refractivity contribution in [1.82, 2.24) is 15.3 Å². The second-order valence-electron chi connectivity index (χ2n) is 6.14. The van der Waals surface area contributed by atoms with Gasteiger partial charge in [-0.15, -0.1) is 0 Å². The van der Waals surface area contributed by atoms with Crippen molar-refractivity contribution in [3.63, 3.8) is 0 Å². The first-order valence-electron chi connectivity index (χ1n) is 8.80. The summed E-state index contributed by atoms with van der Waals surface area (Å²) in [6, 6.07) is 3.78. The second-order valence-corrected chi connectivity index (χ2v) is 6.14. The minimum absolute atomic E-state index is 0.0285. The van der Waals surface area contributed by atoms with Crippen LogP contribution in [0.1, 0.15) is 35.0 Å². The van der Waals surface area contributed by atoms with Gasteiger partial charge < -0.3 is 14.8 Å². The van der Waals surface area contributed by atoms with E-state index in [0.29, 0.717) is 12.1 Å². The molecular weight excluding hydrogens is 410 g/mol. The van der Waals surface area contributed by atoms with Gasteiger partial charge in [0.2, 0.25) is 5.88 Å². The van der Waals surface area contributed by atoms with Crippen molar-refractivity contribution in [3.05, 3.63) is 47.0 Å². The number of Topliss-reactive ketones (excluding diaryl/α,β-unsaturated/α-hetero) is 1. The predicted molar refractivity (Wildman–Crippen MR) is 96.7 cm³/mol. The van der Waals surface area contributed by atoms with Gasteiger partial charge in [0, 0.05) is 42.4 Å². The Balaban J connectivity index is 2.09. The molecule has 0 atom stereocenters. The van der Waals surface area contributed by atoms with Crippen molar-refractivity contribution in [3.8, 4) is 11.8 Å². The molecule has 1 amide bonds. The van der Waals surface area contributed by atoms with Gasteiger partial charge in [0.1, 0.15) is 5.78 Å². The standard InChI is InChI=1S/C19H19F4N3O4/c1-3-14(27)8-13-6-11(4-5-24-13)16(28)25-9-12-7-15(20)18(26-17(12)29-2)30-10-19(21,22)23/h4-7H,3,8-10H2,1-2H3,(H,25,28). The Hall–Kier alpha value is -3.24. The van der Waals surface area contributed by atoms with Crippen LogP contribution in [0.4, 0.5) is 17.6 Å². The third-order valence-electron chi connectivity index (χ3n) is 3.84. The minimum Gasteiger partial charge on any atom is -0.481 e. The van der Waals surface area contributed by atoms with Gasteiger partial charge in [0.15, 0.2) is 12.4 Å². The van der Waals surface area contributed by atoms with Gasteiger partial charge in [-0.2, -0.15) is 18.2 Å². The number of hydrogen-bond acceptors (Lipinski definition) is 6. The third-order valence-corrected chi connectivity index (χ3v) is 3.84. The molecule has 0 unspecified atom stereocenters. The summed E-state index contributed by atoms with van der Waals surface area (Å²) in [5.74, 6) is -2.74. The Morgan fingerprint density at radius 3 is 2.57 bits per heavy atom. The molecule has 0 aliphatic carbocycles. The first kappa shape index (κ1) is 23.0. The second kappa shape index (κ2) is 9.99. The van der Waals surface area contributed by atoms with Crippen LogP contribution in [0.25, 0.3) is 0 Å². The average Bonchev–Trinajstić information content (AvgIpc) is 2.70. The molecule has 0 saturated heterocycles. The molecule has 1 N–H and O–H groups in total. The van der Waals surface area contributed by atoms with Crippen molar-refractivity contribution >= 4 is 11.7 Å². The summed E-state index contributed by atoms with van der Waals surface area (Å²) in [5.41, 5.74) is 0.769. The smallest absolute Gasteiger partial charge is 0.422 e. The third kappa shape index (κ3) is 6.68. The predicted octanol–water partition coefficient (Wildman–Crippen LogP) is 3.02. The maximum absolute atomic E-state index is 14.0. The zero-order chi connectivity index (χ0) is 22.3. The van der Waals surface area contributed by atoms with Gasteiger partial charge in [-0.25, -0.2) is 4.39 Å². The Morgan fingerprint density at radius 2 is 1.93 bits per heavy atom.